The first-order valence-electron chi connectivity index (χ1n) is 3.93. The van der Waals surface area contributed by atoms with Crippen LogP contribution in [0, 0.1) is 6.92 Å². The molecule has 0 spiro atoms. The fraction of sp³-hybridized carbons (Fsp3) is 0.375. The van der Waals surface area contributed by atoms with Crippen LogP contribution >= 0.6 is 7.60 Å². The van der Waals surface area contributed by atoms with E-state index in [1.54, 1.807) is 6.20 Å². The van der Waals surface area contributed by atoms with Gasteiger partial charge in [-0.15, -0.1) is 0 Å². The highest BCUT2D eigenvalue weighted by molar-refractivity contribution is 7.51. The van der Waals surface area contributed by atoms with Crippen molar-refractivity contribution in [2.45, 2.75) is 13.3 Å². The Balaban J connectivity index is 2.56. The van der Waals surface area contributed by atoms with Gasteiger partial charge in [-0.25, -0.2) is 0 Å². The molecule has 0 radical (unpaired) electrons. The molecule has 0 aromatic carbocycles. The van der Waals surface area contributed by atoms with Gasteiger partial charge in [0.05, 0.1) is 6.16 Å². The van der Waals surface area contributed by atoms with Crippen molar-refractivity contribution in [1.29, 1.82) is 0 Å². The first-order chi connectivity index (χ1) is 5.97. The Morgan fingerprint density at radius 1 is 1.46 bits per heavy atom. The second kappa shape index (κ2) is 4.01. The Morgan fingerprint density at radius 2 is 2.15 bits per heavy atom. The molecule has 0 saturated carbocycles. The second-order valence-electron chi connectivity index (χ2n) is 2.95. The number of rotatable bonds is 3. The van der Waals surface area contributed by atoms with Gasteiger partial charge in [-0.2, -0.15) is 0 Å². The third kappa shape index (κ3) is 4.18. The third-order valence-corrected chi connectivity index (χ3v) is 2.47. The smallest absolute Gasteiger partial charge is 0.324 e. The van der Waals surface area contributed by atoms with Crippen molar-refractivity contribution in [3.05, 3.63) is 29.6 Å². The highest BCUT2D eigenvalue weighted by atomic mass is 31.2. The van der Waals surface area contributed by atoms with Crippen LogP contribution < -0.4 is 0 Å². The lowest BCUT2D eigenvalue weighted by Gasteiger charge is -2.03. The zero-order valence-corrected chi connectivity index (χ0v) is 8.24. The summed E-state index contributed by atoms with van der Waals surface area (Å²) in [6.07, 6.45) is 1.90. The lowest BCUT2D eigenvalue weighted by atomic mass is 10.2. The summed E-state index contributed by atoms with van der Waals surface area (Å²) in [5, 5.41) is 0. The molecule has 0 aliphatic heterocycles. The van der Waals surface area contributed by atoms with Crippen LogP contribution in [0.3, 0.4) is 0 Å². The quantitative estimate of drug-likeness (QED) is 0.718. The molecule has 5 heteroatoms. The van der Waals surface area contributed by atoms with E-state index in [0.717, 1.165) is 11.3 Å². The summed E-state index contributed by atoms with van der Waals surface area (Å²) in [5.41, 5.74) is 1.76. The van der Waals surface area contributed by atoms with E-state index in [1.807, 2.05) is 19.1 Å². The van der Waals surface area contributed by atoms with Gasteiger partial charge in [0.1, 0.15) is 0 Å². The van der Waals surface area contributed by atoms with Crippen LogP contribution in [0.2, 0.25) is 0 Å². The van der Waals surface area contributed by atoms with E-state index < -0.39 is 7.60 Å². The van der Waals surface area contributed by atoms with Gasteiger partial charge in [-0.05, 0) is 25.0 Å². The third-order valence-electron chi connectivity index (χ3n) is 1.66. The van der Waals surface area contributed by atoms with Crippen LogP contribution in [0.1, 0.15) is 11.3 Å². The molecule has 13 heavy (non-hydrogen) atoms. The largest absolute Gasteiger partial charge is 0.325 e. The molecular formula is C8H12NO3P. The molecule has 1 heterocycles. The fourth-order valence-corrected chi connectivity index (χ4v) is 1.47. The van der Waals surface area contributed by atoms with Crippen molar-refractivity contribution in [1.82, 2.24) is 4.98 Å². The topological polar surface area (TPSA) is 70.4 Å². The number of aromatic nitrogens is 1. The van der Waals surface area contributed by atoms with Crippen LogP contribution in [0.25, 0.3) is 0 Å². The highest BCUT2D eigenvalue weighted by Gasteiger charge is 2.12. The summed E-state index contributed by atoms with van der Waals surface area (Å²) in [6, 6.07) is 3.66. The molecule has 0 fully saturated rings. The van der Waals surface area contributed by atoms with Gasteiger partial charge in [0.15, 0.2) is 0 Å². The average Bonchev–Trinajstić information content (AvgIpc) is 2.02. The minimum atomic E-state index is -3.87. The second-order valence-corrected chi connectivity index (χ2v) is 4.72. The molecular weight excluding hydrogens is 189 g/mol. The summed E-state index contributed by atoms with van der Waals surface area (Å²) in [6.45, 7) is 1.87. The predicted octanol–water partition coefficient (Wildman–Crippen LogP) is 1.11. The molecule has 0 aliphatic carbocycles. The van der Waals surface area contributed by atoms with E-state index >= 15 is 0 Å². The van der Waals surface area contributed by atoms with Gasteiger partial charge in [0.25, 0.3) is 0 Å². The van der Waals surface area contributed by atoms with Gasteiger partial charge in [-0.1, -0.05) is 6.07 Å². The number of nitrogens with zero attached hydrogens (tertiary/aromatic N) is 1. The number of hydrogen-bond donors (Lipinski definition) is 2. The standard InChI is InChI=1S/C8H12NO3P/c1-7-2-3-8(6-9-7)4-5-13(10,11)12/h2-3,6H,4-5H2,1H3,(H2,10,11,12). The first kappa shape index (κ1) is 10.4. The molecule has 0 amide bonds. The Kier molecular flexibility index (Phi) is 3.20. The number of aryl methyl sites for hydroxylation is 2. The zero-order valence-electron chi connectivity index (χ0n) is 7.34. The fourth-order valence-electron chi connectivity index (χ4n) is 0.921. The summed E-state index contributed by atoms with van der Waals surface area (Å²) < 4.78 is 10.5. The van der Waals surface area contributed by atoms with Gasteiger partial charge in [0.2, 0.25) is 0 Å². The van der Waals surface area contributed by atoms with Crippen LogP contribution in [-0.4, -0.2) is 20.9 Å². The molecule has 0 bridgehead atoms. The molecule has 1 rings (SSSR count). The van der Waals surface area contributed by atoms with Crippen molar-refractivity contribution in [3.63, 3.8) is 0 Å². The first-order valence-corrected chi connectivity index (χ1v) is 5.73. The molecule has 0 atom stereocenters. The van der Waals surface area contributed by atoms with Crippen molar-refractivity contribution in [2.24, 2.45) is 0 Å². The summed E-state index contributed by atoms with van der Waals surface area (Å²) in [7, 11) is -3.87. The van der Waals surface area contributed by atoms with E-state index in [1.165, 1.54) is 0 Å². The van der Waals surface area contributed by atoms with Crippen molar-refractivity contribution in [3.8, 4) is 0 Å². The van der Waals surface area contributed by atoms with Crippen LogP contribution in [0.15, 0.2) is 18.3 Å². The van der Waals surface area contributed by atoms with Crippen molar-refractivity contribution in [2.75, 3.05) is 6.16 Å². The Morgan fingerprint density at radius 3 is 2.62 bits per heavy atom. The molecule has 0 saturated heterocycles. The predicted molar refractivity (Wildman–Crippen MR) is 49.6 cm³/mol. The molecule has 1 aromatic heterocycles. The Labute approximate surface area is 76.8 Å². The SMILES string of the molecule is Cc1ccc(CCP(=O)(O)O)cn1. The molecule has 1 aromatic rings. The summed E-state index contributed by atoms with van der Waals surface area (Å²) >= 11 is 0. The van der Waals surface area contributed by atoms with Gasteiger partial charge in [0, 0.05) is 11.9 Å². The Hall–Kier alpha value is -0.700. The molecule has 4 nitrogen and oxygen atoms in total. The number of hydrogen-bond acceptors (Lipinski definition) is 2. The maximum atomic E-state index is 10.5. The minimum absolute atomic E-state index is 0.113. The van der Waals surface area contributed by atoms with Crippen molar-refractivity contribution < 1.29 is 14.4 Å². The lowest BCUT2D eigenvalue weighted by Crippen LogP contribution is -1.94. The number of pyridine rings is 1. The van der Waals surface area contributed by atoms with Gasteiger partial charge in [-0.3, -0.25) is 9.55 Å². The molecule has 2 N–H and O–H groups in total. The summed E-state index contributed by atoms with van der Waals surface area (Å²) in [4.78, 5) is 21.3. The average molecular weight is 201 g/mol. The molecule has 0 unspecified atom stereocenters. The van der Waals surface area contributed by atoms with Gasteiger partial charge >= 0.3 is 7.60 Å². The van der Waals surface area contributed by atoms with E-state index in [0.29, 0.717) is 6.42 Å². The Bertz CT molecular complexity index is 317. The normalized spacial score (nSPS) is 11.6. The maximum Gasteiger partial charge on any atom is 0.325 e. The molecule has 72 valence electrons. The van der Waals surface area contributed by atoms with Crippen molar-refractivity contribution >= 4 is 7.60 Å². The minimum Gasteiger partial charge on any atom is -0.324 e. The van der Waals surface area contributed by atoms with Crippen LogP contribution in [0.4, 0.5) is 0 Å². The maximum absolute atomic E-state index is 10.5. The monoisotopic (exact) mass is 201 g/mol. The van der Waals surface area contributed by atoms with Gasteiger partial charge < -0.3 is 9.79 Å². The van der Waals surface area contributed by atoms with E-state index in [-0.39, 0.29) is 6.16 Å². The summed E-state index contributed by atoms with van der Waals surface area (Å²) in [5.74, 6) is 0. The van der Waals surface area contributed by atoms with Crippen LogP contribution in [0.5, 0.6) is 0 Å². The lowest BCUT2D eigenvalue weighted by molar-refractivity contribution is 0.373. The van der Waals surface area contributed by atoms with E-state index in [9.17, 15) is 4.57 Å². The van der Waals surface area contributed by atoms with Crippen LogP contribution in [-0.2, 0) is 11.0 Å². The highest BCUT2D eigenvalue weighted by Crippen LogP contribution is 2.34. The zero-order chi connectivity index (χ0) is 9.90. The molecule has 0 aliphatic rings. The van der Waals surface area contributed by atoms with E-state index in [2.05, 4.69) is 4.98 Å². The van der Waals surface area contributed by atoms with E-state index in [4.69, 9.17) is 9.79 Å².